The molecule has 0 saturated carbocycles. The summed E-state index contributed by atoms with van der Waals surface area (Å²) in [6.07, 6.45) is 2.15. The highest BCUT2D eigenvalue weighted by Crippen LogP contribution is 2.19. The number of nitrogens with one attached hydrogen (secondary N) is 1. The van der Waals surface area contributed by atoms with E-state index in [2.05, 4.69) is 45.0 Å². The molecule has 1 rings (SSSR count). The molecule has 1 aromatic carbocycles. The van der Waals surface area contributed by atoms with Gasteiger partial charge in [0.15, 0.2) is 0 Å². The lowest BCUT2D eigenvalue weighted by molar-refractivity contribution is 0.217. The van der Waals surface area contributed by atoms with E-state index in [0.717, 1.165) is 32.5 Å². The number of nitrogens with zero attached hydrogens (tertiary/aromatic N) is 1. The van der Waals surface area contributed by atoms with Crippen molar-refractivity contribution in [1.82, 2.24) is 10.2 Å². The van der Waals surface area contributed by atoms with E-state index in [0.29, 0.717) is 11.5 Å². The summed E-state index contributed by atoms with van der Waals surface area (Å²) in [4.78, 5) is 2.38. The van der Waals surface area contributed by atoms with Crippen molar-refractivity contribution in [2.75, 3.05) is 26.7 Å². The average Bonchev–Trinajstić information content (AvgIpc) is 2.38. The van der Waals surface area contributed by atoms with Gasteiger partial charge in [-0.3, -0.25) is 0 Å². The van der Waals surface area contributed by atoms with Gasteiger partial charge in [-0.15, -0.1) is 0 Å². The van der Waals surface area contributed by atoms with Gasteiger partial charge in [-0.05, 0) is 56.1 Å². The van der Waals surface area contributed by atoms with Crippen LogP contribution in [0, 0.1) is 11.2 Å². The summed E-state index contributed by atoms with van der Waals surface area (Å²) in [7, 11) is 2.17. The molecule has 1 N–H and O–H groups in total. The van der Waals surface area contributed by atoms with E-state index in [9.17, 15) is 4.39 Å². The average molecular weight is 294 g/mol. The maximum atomic E-state index is 13.1. The van der Waals surface area contributed by atoms with Crippen molar-refractivity contribution in [2.45, 2.75) is 46.6 Å². The second-order valence-corrected chi connectivity index (χ2v) is 7.15. The lowest BCUT2D eigenvalue weighted by Gasteiger charge is -2.28. The Morgan fingerprint density at radius 2 is 1.81 bits per heavy atom. The highest BCUT2D eigenvalue weighted by Gasteiger charge is 2.16. The lowest BCUT2D eigenvalue weighted by Crippen LogP contribution is -2.32. The monoisotopic (exact) mass is 294 g/mol. The predicted octanol–water partition coefficient (Wildman–Crippen LogP) is 4.23. The molecule has 0 radical (unpaired) electrons. The van der Waals surface area contributed by atoms with E-state index in [1.165, 1.54) is 5.56 Å². The Kier molecular flexibility index (Phi) is 7.33. The van der Waals surface area contributed by atoms with Crippen LogP contribution in [0.5, 0.6) is 0 Å². The molecular weight excluding hydrogens is 263 g/mol. The van der Waals surface area contributed by atoms with Crippen LogP contribution in [0.3, 0.4) is 0 Å². The third-order valence-electron chi connectivity index (χ3n) is 3.46. The normalized spacial score (nSPS) is 13.7. The molecule has 0 heterocycles. The molecule has 3 heteroatoms. The van der Waals surface area contributed by atoms with Gasteiger partial charge in [-0.1, -0.05) is 39.8 Å². The first kappa shape index (κ1) is 18.1. The van der Waals surface area contributed by atoms with Gasteiger partial charge in [0.05, 0.1) is 0 Å². The minimum Gasteiger partial charge on any atom is -0.310 e. The summed E-state index contributed by atoms with van der Waals surface area (Å²) in [6.45, 7) is 12.1. The molecule has 0 aliphatic carbocycles. The van der Waals surface area contributed by atoms with E-state index in [4.69, 9.17) is 0 Å². The molecule has 0 saturated heterocycles. The molecule has 0 spiro atoms. The molecule has 1 aromatic rings. The molecule has 0 amide bonds. The molecule has 21 heavy (non-hydrogen) atoms. The van der Waals surface area contributed by atoms with Crippen LogP contribution >= 0.6 is 0 Å². The number of hydrogen-bond donors (Lipinski definition) is 1. The number of rotatable bonds is 8. The van der Waals surface area contributed by atoms with Crippen molar-refractivity contribution in [1.29, 1.82) is 0 Å². The van der Waals surface area contributed by atoms with E-state index in [1.807, 2.05) is 12.1 Å². The largest absolute Gasteiger partial charge is 0.310 e. The molecule has 120 valence electrons. The van der Waals surface area contributed by atoms with Gasteiger partial charge in [0.1, 0.15) is 5.82 Å². The highest BCUT2D eigenvalue weighted by molar-refractivity contribution is 5.20. The van der Waals surface area contributed by atoms with Gasteiger partial charge < -0.3 is 10.2 Å². The Hall–Kier alpha value is -0.930. The molecule has 0 fully saturated rings. The molecule has 0 aliphatic heterocycles. The Labute approximate surface area is 129 Å². The van der Waals surface area contributed by atoms with Gasteiger partial charge in [0.25, 0.3) is 0 Å². The van der Waals surface area contributed by atoms with E-state index >= 15 is 0 Å². The minimum atomic E-state index is -0.169. The van der Waals surface area contributed by atoms with Gasteiger partial charge in [-0.25, -0.2) is 4.39 Å². The zero-order valence-electron chi connectivity index (χ0n) is 14.2. The van der Waals surface area contributed by atoms with Crippen LogP contribution in [0.25, 0.3) is 0 Å². The summed E-state index contributed by atoms with van der Waals surface area (Å²) >= 11 is 0. The van der Waals surface area contributed by atoms with Crippen molar-refractivity contribution < 1.29 is 4.39 Å². The zero-order valence-corrected chi connectivity index (χ0v) is 14.2. The first-order chi connectivity index (χ1) is 9.81. The molecule has 2 nitrogen and oxygen atoms in total. The van der Waals surface area contributed by atoms with Gasteiger partial charge >= 0.3 is 0 Å². The molecule has 1 unspecified atom stereocenters. The third-order valence-corrected chi connectivity index (χ3v) is 3.46. The van der Waals surface area contributed by atoms with Crippen LogP contribution < -0.4 is 5.32 Å². The van der Waals surface area contributed by atoms with Gasteiger partial charge in [0.2, 0.25) is 0 Å². The molecule has 1 atom stereocenters. The second-order valence-electron chi connectivity index (χ2n) is 7.15. The smallest absolute Gasteiger partial charge is 0.123 e. The van der Waals surface area contributed by atoms with Crippen LogP contribution in [0.1, 0.15) is 52.1 Å². The first-order valence-corrected chi connectivity index (χ1v) is 7.99. The topological polar surface area (TPSA) is 15.3 Å². The quantitative estimate of drug-likeness (QED) is 0.771. The molecule has 0 aliphatic rings. The van der Waals surface area contributed by atoms with Crippen LogP contribution in [0.2, 0.25) is 0 Å². The predicted molar refractivity (Wildman–Crippen MR) is 89.0 cm³/mol. The van der Waals surface area contributed by atoms with Gasteiger partial charge in [-0.2, -0.15) is 0 Å². The summed E-state index contributed by atoms with van der Waals surface area (Å²) in [5.41, 5.74) is 1.49. The summed E-state index contributed by atoms with van der Waals surface area (Å²) in [5.74, 6) is -0.169. The maximum Gasteiger partial charge on any atom is 0.123 e. The van der Waals surface area contributed by atoms with Crippen LogP contribution in [0.15, 0.2) is 24.3 Å². The summed E-state index contributed by atoms with van der Waals surface area (Å²) < 4.78 is 13.1. The van der Waals surface area contributed by atoms with Crippen molar-refractivity contribution in [3.8, 4) is 0 Å². The van der Waals surface area contributed by atoms with Crippen molar-refractivity contribution in [3.05, 3.63) is 35.6 Å². The van der Waals surface area contributed by atoms with Crippen LogP contribution in [-0.4, -0.2) is 31.6 Å². The zero-order chi connectivity index (χ0) is 15.9. The Morgan fingerprint density at radius 1 is 1.19 bits per heavy atom. The van der Waals surface area contributed by atoms with Crippen molar-refractivity contribution >= 4 is 0 Å². The SMILES string of the molecule is CCCNC(CCN(C)CC(C)(C)C)c1ccc(F)cc1. The number of benzene rings is 1. The van der Waals surface area contributed by atoms with Crippen LogP contribution in [0.4, 0.5) is 4.39 Å². The van der Waals surface area contributed by atoms with E-state index < -0.39 is 0 Å². The third kappa shape index (κ3) is 7.58. The Morgan fingerprint density at radius 3 is 2.33 bits per heavy atom. The standard InChI is InChI=1S/C18H31FN2/c1-6-12-20-17(15-7-9-16(19)10-8-15)11-13-21(5)14-18(2,3)4/h7-10,17,20H,6,11-14H2,1-5H3. The van der Waals surface area contributed by atoms with E-state index in [-0.39, 0.29) is 5.82 Å². The van der Waals surface area contributed by atoms with Crippen molar-refractivity contribution in [2.24, 2.45) is 5.41 Å². The fraction of sp³-hybridized carbons (Fsp3) is 0.667. The fourth-order valence-corrected chi connectivity index (χ4v) is 2.64. The lowest BCUT2D eigenvalue weighted by atomic mass is 9.96. The molecule has 0 aromatic heterocycles. The van der Waals surface area contributed by atoms with Gasteiger partial charge in [0, 0.05) is 12.6 Å². The summed E-state index contributed by atoms with van der Waals surface area (Å²) in [5, 5.41) is 3.57. The second kappa shape index (κ2) is 8.50. The first-order valence-electron chi connectivity index (χ1n) is 7.99. The maximum absolute atomic E-state index is 13.1. The minimum absolute atomic E-state index is 0.169. The van der Waals surface area contributed by atoms with Crippen LogP contribution in [-0.2, 0) is 0 Å². The number of halogens is 1. The Balaban J connectivity index is 2.60. The Bertz CT molecular complexity index is 395. The fourth-order valence-electron chi connectivity index (χ4n) is 2.64. The van der Waals surface area contributed by atoms with Crippen molar-refractivity contribution in [3.63, 3.8) is 0 Å². The molecule has 0 bridgehead atoms. The highest BCUT2D eigenvalue weighted by atomic mass is 19.1. The summed E-state index contributed by atoms with van der Waals surface area (Å²) in [6, 6.07) is 7.19. The number of hydrogen-bond acceptors (Lipinski definition) is 2. The van der Waals surface area contributed by atoms with E-state index in [1.54, 1.807) is 12.1 Å². The molecular formula is C18H31FN2.